The van der Waals surface area contributed by atoms with Crippen LogP contribution >= 0.6 is 0 Å². The van der Waals surface area contributed by atoms with Gasteiger partial charge in [0.2, 0.25) is 5.89 Å². The van der Waals surface area contributed by atoms with Gasteiger partial charge in [0.1, 0.15) is 0 Å². The molecule has 2 aromatic rings. The van der Waals surface area contributed by atoms with Gasteiger partial charge in [0.25, 0.3) is 5.91 Å². The number of nitrogens with zero attached hydrogens (tertiary/aromatic N) is 4. The van der Waals surface area contributed by atoms with E-state index in [1.165, 1.54) is 12.8 Å². The van der Waals surface area contributed by atoms with Crippen molar-refractivity contribution in [2.75, 3.05) is 13.1 Å². The Kier molecular flexibility index (Phi) is 3.36. The molecule has 4 rings (SSSR count). The van der Waals surface area contributed by atoms with E-state index < -0.39 is 0 Å². The summed E-state index contributed by atoms with van der Waals surface area (Å²) >= 11 is 0. The first-order chi connectivity index (χ1) is 10.8. The minimum atomic E-state index is 0.0578. The second kappa shape index (κ2) is 5.51. The zero-order chi connectivity index (χ0) is 14.9. The topological polar surface area (TPSA) is 72.1 Å². The lowest BCUT2D eigenvalue weighted by Gasteiger charge is -2.15. The first-order valence-electron chi connectivity index (χ1n) is 7.81. The van der Waals surface area contributed by atoms with E-state index in [1.54, 1.807) is 18.5 Å². The number of rotatable bonds is 4. The molecule has 2 aromatic heterocycles. The zero-order valence-corrected chi connectivity index (χ0v) is 12.3. The minimum Gasteiger partial charge on any atom is -0.339 e. The highest BCUT2D eigenvalue weighted by atomic mass is 16.5. The molecule has 0 spiro atoms. The number of pyridine rings is 1. The van der Waals surface area contributed by atoms with Gasteiger partial charge in [0.05, 0.1) is 5.56 Å². The predicted molar refractivity (Wildman–Crippen MR) is 78.2 cm³/mol. The monoisotopic (exact) mass is 298 g/mol. The van der Waals surface area contributed by atoms with Gasteiger partial charge in [-0.25, -0.2) is 0 Å². The molecule has 3 heterocycles. The fourth-order valence-electron chi connectivity index (χ4n) is 2.96. The van der Waals surface area contributed by atoms with Gasteiger partial charge >= 0.3 is 0 Å². The highest BCUT2D eigenvalue weighted by Gasteiger charge is 2.31. The van der Waals surface area contributed by atoms with Crippen molar-refractivity contribution in [2.45, 2.75) is 31.6 Å². The zero-order valence-electron chi connectivity index (χ0n) is 12.3. The summed E-state index contributed by atoms with van der Waals surface area (Å²) in [6.45, 7) is 1.53. The smallest absolute Gasteiger partial charge is 0.255 e. The molecule has 0 aromatic carbocycles. The third-order valence-corrected chi connectivity index (χ3v) is 4.36. The normalized spacial score (nSPS) is 21.3. The molecule has 6 nitrogen and oxygen atoms in total. The number of amides is 1. The van der Waals surface area contributed by atoms with Crippen LogP contribution in [0, 0.1) is 5.92 Å². The number of hydrogen-bond donors (Lipinski definition) is 0. The summed E-state index contributed by atoms with van der Waals surface area (Å²) in [7, 11) is 0. The van der Waals surface area contributed by atoms with Crippen molar-refractivity contribution in [1.82, 2.24) is 20.0 Å². The fourth-order valence-corrected chi connectivity index (χ4v) is 2.96. The van der Waals surface area contributed by atoms with Crippen LogP contribution in [0.1, 0.15) is 47.3 Å². The molecule has 1 unspecified atom stereocenters. The Hall–Kier alpha value is -2.24. The summed E-state index contributed by atoms with van der Waals surface area (Å²) in [5.41, 5.74) is 0.652. The maximum atomic E-state index is 12.4. The van der Waals surface area contributed by atoms with E-state index in [-0.39, 0.29) is 5.91 Å². The van der Waals surface area contributed by atoms with Gasteiger partial charge in [-0.15, -0.1) is 0 Å². The van der Waals surface area contributed by atoms with Crippen LogP contribution in [0.5, 0.6) is 0 Å². The summed E-state index contributed by atoms with van der Waals surface area (Å²) in [5.74, 6) is 2.53. The van der Waals surface area contributed by atoms with Gasteiger partial charge in [-0.3, -0.25) is 9.78 Å². The average Bonchev–Trinajstić information content (AvgIpc) is 3.13. The van der Waals surface area contributed by atoms with Gasteiger partial charge in [-0.05, 0) is 37.3 Å². The predicted octanol–water partition coefficient (Wildman–Crippen LogP) is 2.05. The standard InChI is InChI=1S/C16H18N4O2/c21-16(13-2-1-6-17-9-13)20-7-5-11(10-20)8-14-18-15(22-19-14)12-3-4-12/h1-2,6,9,11-12H,3-5,7-8,10H2. The van der Waals surface area contributed by atoms with E-state index in [0.717, 1.165) is 37.6 Å². The van der Waals surface area contributed by atoms with Crippen LogP contribution in [0.4, 0.5) is 0 Å². The SMILES string of the molecule is O=C(c1cccnc1)N1CCC(Cc2noc(C3CC3)n2)C1. The van der Waals surface area contributed by atoms with E-state index in [1.807, 2.05) is 11.0 Å². The van der Waals surface area contributed by atoms with Gasteiger partial charge in [0, 0.05) is 37.8 Å². The summed E-state index contributed by atoms with van der Waals surface area (Å²) in [6.07, 6.45) is 7.40. The maximum Gasteiger partial charge on any atom is 0.255 e. The molecule has 0 bridgehead atoms. The molecule has 2 aliphatic rings. The molecular formula is C16H18N4O2. The number of aromatic nitrogens is 3. The second-order valence-corrected chi connectivity index (χ2v) is 6.17. The van der Waals surface area contributed by atoms with Crippen LogP contribution in [0.15, 0.2) is 29.0 Å². The van der Waals surface area contributed by atoms with Crippen LogP contribution in [0.3, 0.4) is 0 Å². The Labute approximate surface area is 128 Å². The molecule has 6 heteroatoms. The second-order valence-electron chi connectivity index (χ2n) is 6.17. The number of likely N-dealkylation sites (tertiary alicyclic amines) is 1. The molecule has 1 atom stereocenters. The van der Waals surface area contributed by atoms with E-state index in [2.05, 4.69) is 15.1 Å². The van der Waals surface area contributed by atoms with Crippen molar-refractivity contribution in [3.63, 3.8) is 0 Å². The van der Waals surface area contributed by atoms with Crippen molar-refractivity contribution in [3.05, 3.63) is 41.8 Å². The Balaban J connectivity index is 1.36. The van der Waals surface area contributed by atoms with Crippen LogP contribution in [0.25, 0.3) is 0 Å². The third-order valence-electron chi connectivity index (χ3n) is 4.36. The molecular weight excluding hydrogens is 280 g/mol. The molecule has 1 aliphatic carbocycles. The Morgan fingerprint density at radius 3 is 3.05 bits per heavy atom. The summed E-state index contributed by atoms with van der Waals surface area (Å²) in [4.78, 5) is 22.8. The van der Waals surface area contributed by atoms with Crippen molar-refractivity contribution >= 4 is 5.91 Å². The lowest BCUT2D eigenvalue weighted by atomic mass is 10.1. The van der Waals surface area contributed by atoms with Gasteiger partial charge in [-0.1, -0.05) is 5.16 Å². The highest BCUT2D eigenvalue weighted by molar-refractivity contribution is 5.94. The molecule has 1 saturated heterocycles. The molecule has 1 saturated carbocycles. The molecule has 2 fully saturated rings. The third kappa shape index (κ3) is 2.73. The molecule has 0 radical (unpaired) electrons. The fraction of sp³-hybridized carbons (Fsp3) is 0.500. The van der Waals surface area contributed by atoms with E-state index in [9.17, 15) is 4.79 Å². The lowest BCUT2D eigenvalue weighted by Crippen LogP contribution is -2.29. The van der Waals surface area contributed by atoms with Crippen LogP contribution < -0.4 is 0 Å². The van der Waals surface area contributed by atoms with Crippen LogP contribution in [-0.4, -0.2) is 39.0 Å². The van der Waals surface area contributed by atoms with Crippen molar-refractivity contribution in [3.8, 4) is 0 Å². The Morgan fingerprint density at radius 2 is 2.27 bits per heavy atom. The Bertz CT molecular complexity index is 666. The van der Waals surface area contributed by atoms with Crippen molar-refractivity contribution < 1.29 is 9.32 Å². The summed E-state index contributed by atoms with van der Waals surface area (Å²) < 4.78 is 5.29. The summed E-state index contributed by atoms with van der Waals surface area (Å²) in [6, 6.07) is 3.60. The summed E-state index contributed by atoms with van der Waals surface area (Å²) in [5, 5.41) is 4.07. The van der Waals surface area contributed by atoms with Gasteiger partial charge < -0.3 is 9.42 Å². The van der Waals surface area contributed by atoms with Gasteiger partial charge in [0.15, 0.2) is 5.82 Å². The quantitative estimate of drug-likeness (QED) is 0.863. The molecule has 22 heavy (non-hydrogen) atoms. The largest absolute Gasteiger partial charge is 0.339 e. The van der Waals surface area contributed by atoms with Crippen LogP contribution in [0.2, 0.25) is 0 Å². The van der Waals surface area contributed by atoms with E-state index in [4.69, 9.17) is 4.52 Å². The minimum absolute atomic E-state index is 0.0578. The Morgan fingerprint density at radius 1 is 1.36 bits per heavy atom. The maximum absolute atomic E-state index is 12.4. The van der Waals surface area contributed by atoms with Gasteiger partial charge in [-0.2, -0.15) is 4.98 Å². The lowest BCUT2D eigenvalue weighted by molar-refractivity contribution is 0.0786. The highest BCUT2D eigenvalue weighted by Crippen LogP contribution is 2.39. The van der Waals surface area contributed by atoms with Crippen molar-refractivity contribution in [2.24, 2.45) is 5.92 Å². The molecule has 0 N–H and O–H groups in total. The first-order valence-corrected chi connectivity index (χ1v) is 7.81. The molecule has 1 aliphatic heterocycles. The number of hydrogen-bond acceptors (Lipinski definition) is 5. The molecule has 1 amide bonds. The van der Waals surface area contributed by atoms with E-state index in [0.29, 0.717) is 17.4 Å². The molecule has 114 valence electrons. The number of carbonyl (C=O) groups is 1. The number of carbonyl (C=O) groups excluding carboxylic acids is 1. The van der Waals surface area contributed by atoms with Crippen LogP contribution in [-0.2, 0) is 6.42 Å². The average molecular weight is 298 g/mol. The first kappa shape index (κ1) is 13.4. The van der Waals surface area contributed by atoms with E-state index >= 15 is 0 Å². The van der Waals surface area contributed by atoms with Crippen molar-refractivity contribution in [1.29, 1.82) is 0 Å².